The molecule has 0 bridgehead atoms. The first-order chi connectivity index (χ1) is 5.50. The molecule has 0 aromatic rings. The van der Waals surface area contributed by atoms with E-state index >= 15 is 0 Å². The predicted octanol–water partition coefficient (Wildman–Crippen LogP) is -0.00580. The number of carbonyl (C=O) groups excluding carboxylic acids is 2. The molecule has 0 aliphatic carbocycles. The summed E-state index contributed by atoms with van der Waals surface area (Å²) in [7, 11) is 1.30. The number of rotatable bonds is 1. The zero-order chi connectivity index (χ0) is 9.35. The summed E-state index contributed by atoms with van der Waals surface area (Å²) >= 11 is 0. The fourth-order valence-corrected chi connectivity index (χ4v) is 1.14. The number of ether oxygens (including phenoxy) is 1. The highest BCUT2D eigenvalue weighted by molar-refractivity contribution is 6.01. The lowest BCUT2D eigenvalue weighted by Crippen LogP contribution is -2.49. The Morgan fingerprint density at radius 2 is 2.25 bits per heavy atom. The van der Waals surface area contributed by atoms with E-state index in [0.717, 1.165) is 0 Å². The van der Waals surface area contributed by atoms with Gasteiger partial charge in [0.2, 0.25) is 5.91 Å². The molecule has 1 unspecified atom stereocenters. The number of methoxy groups -OCH3 is 1. The SMILES string of the molecule is COC(=O)C1(C)NC(=O)C=C1C. The first-order valence-corrected chi connectivity index (χ1v) is 3.60. The van der Waals surface area contributed by atoms with Gasteiger partial charge in [-0.3, -0.25) is 4.79 Å². The van der Waals surface area contributed by atoms with Gasteiger partial charge in [-0.05, 0) is 19.4 Å². The molecule has 66 valence electrons. The molecular formula is C8H11NO3. The summed E-state index contributed by atoms with van der Waals surface area (Å²) in [6.45, 7) is 3.34. The Bertz CT molecular complexity index is 269. The van der Waals surface area contributed by atoms with Gasteiger partial charge < -0.3 is 10.1 Å². The van der Waals surface area contributed by atoms with E-state index in [2.05, 4.69) is 10.1 Å². The molecule has 0 fully saturated rings. The molecule has 0 spiro atoms. The van der Waals surface area contributed by atoms with Crippen molar-refractivity contribution in [1.29, 1.82) is 0 Å². The van der Waals surface area contributed by atoms with Gasteiger partial charge in [0.1, 0.15) is 0 Å². The summed E-state index contributed by atoms with van der Waals surface area (Å²) < 4.78 is 4.56. The zero-order valence-corrected chi connectivity index (χ0v) is 7.30. The van der Waals surface area contributed by atoms with Gasteiger partial charge in [0.05, 0.1) is 7.11 Å². The number of hydrogen-bond donors (Lipinski definition) is 1. The van der Waals surface area contributed by atoms with Crippen LogP contribution in [0.25, 0.3) is 0 Å². The second-order valence-electron chi connectivity index (χ2n) is 2.93. The number of amides is 1. The van der Waals surface area contributed by atoms with Gasteiger partial charge in [-0.1, -0.05) is 0 Å². The molecule has 12 heavy (non-hydrogen) atoms. The molecule has 4 heteroatoms. The average Bonchev–Trinajstić information content (AvgIpc) is 2.26. The molecular weight excluding hydrogens is 158 g/mol. The highest BCUT2D eigenvalue weighted by atomic mass is 16.5. The van der Waals surface area contributed by atoms with E-state index in [0.29, 0.717) is 5.57 Å². The Hall–Kier alpha value is -1.32. The molecule has 0 aromatic carbocycles. The molecule has 0 saturated carbocycles. The van der Waals surface area contributed by atoms with Crippen LogP contribution in [0.5, 0.6) is 0 Å². The van der Waals surface area contributed by atoms with Crippen LogP contribution in [0.4, 0.5) is 0 Å². The minimum absolute atomic E-state index is 0.250. The minimum atomic E-state index is -0.966. The molecule has 1 atom stereocenters. The fourth-order valence-electron chi connectivity index (χ4n) is 1.14. The molecule has 0 aromatic heterocycles. The quantitative estimate of drug-likeness (QED) is 0.562. The lowest BCUT2D eigenvalue weighted by molar-refractivity contribution is -0.147. The van der Waals surface area contributed by atoms with Crippen LogP contribution in [0.3, 0.4) is 0 Å². The molecule has 4 nitrogen and oxygen atoms in total. The molecule has 1 aliphatic heterocycles. The van der Waals surface area contributed by atoms with Crippen molar-refractivity contribution in [2.75, 3.05) is 7.11 Å². The van der Waals surface area contributed by atoms with Gasteiger partial charge in [0.15, 0.2) is 5.54 Å². The van der Waals surface area contributed by atoms with Gasteiger partial charge in [0, 0.05) is 6.08 Å². The Labute approximate surface area is 70.6 Å². The minimum Gasteiger partial charge on any atom is -0.467 e. The Morgan fingerprint density at radius 1 is 1.67 bits per heavy atom. The number of nitrogens with one attached hydrogen (secondary N) is 1. The molecule has 1 rings (SSSR count). The monoisotopic (exact) mass is 169 g/mol. The van der Waals surface area contributed by atoms with Gasteiger partial charge >= 0.3 is 5.97 Å². The van der Waals surface area contributed by atoms with Gasteiger partial charge in [-0.15, -0.1) is 0 Å². The van der Waals surface area contributed by atoms with Crippen molar-refractivity contribution in [3.63, 3.8) is 0 Å². The van der Waals surface area contributed by atoms with Crippen LogP contribution in [0.1, 0.15) is 13.8 Å². The van der Waals surface area contributed by atoms with Gasteiger partial charge in [-0.25, -0.2) is 4.79 Å². The van der Waals surface area contributed by atoms with Crippen LogP contribution in [0.15, 0.2) is 11.6 Å². The second kappa shape index (κ2) is 2.62. The lowest BCUT2D eigenvalue weighted by Gasteiger charge is -2.22. The van der Waals surface area contributed by atoms with Crippen LogP contribution < -0.4 is 5.32 Å². The van der Waals surface area contributed by atoms with E-state index in [9.17, 15) is 9.59 Å². The summed E-state index contributed by atoms with van der Waals surface area (Å²) in [6, 6.07) is 0. The summed E-state index contributed by atoms with van der Waals surface area (Å²) in [6.07, 6.45) is 1.40. The van der Waals surface area contributed by atoms with Gasteiger partial charge in [0.25, 0.3) is 0 Å². The molecule has 1 amide bonds. The smallest absolute Gasteiger partial charge is 0.335 e. The van der Waals surface area contributed by atoms with E-state index in [-0.39, 0.29) is 5.91 Å². The standard InChI is InChI=1S/C8H11NO3/c1-5-4-6(10)9-8(5,2)7(11)12-3/h4H,1-3H3,(H,9,10). The van der Waals surface area contributed by atoms with Crippen LogP contribution in [-0.4, -0.2) is 24.5 Å². The molecule has 1 heterocycles. The molecule has 0 saturated heterocycles. The largest absolute Gasteiger partial charge is 0.467 e. The van der Waals surface area contributed by atoms with Crippen molar-refractivity contribution in [2.45, 2.75) is 19.4 Å². The molecule has 1 N–H and O–H groups in total. The number of esters is 1. The summed E-state index contributed by atoms with van der Waals surface area (Å²) in [5, 5.41) is 2.52. The van der Waals surface area contributed by atoms with Crippen molar-refractivity contribution in [3.05, 3.63) is 11.6 Å². The zero-order valence-electron chi connectivity index (χ0n) is 7.30. The van der Waals surface area contributed by atoms with E-state index in [4.69, 9.17) is 0 Å². The number of carbonyl (C=O) groups is 2. The summed E-state index contributed by atoms with van der Waals surface area (Å²) in [5.74, 6) is -0.692. The topological polar surface area (TPSA) is 55.4 Å². The van der Waals surface area contributed by atoms with E-state index in [1.165, 1.54) is 13.2 Å². The van der Waals surface area contributed by atoms with Crippen LogP contribution in [0, 0.1) is 0 Å². The van der Waals surface area contributed by atoms with E-state index in [1.54, 1.807) is 13.8 Å². The summed E-state index contributed by atoms with van der Waals surface area (Å²) in [5.41, 5.74) is -0.286. The highest BCUT2D eigenvalue weighted by Crippen LogP contribution is 2.22. The summed E-state index contributed by atoms with van der Waals surface area (Å²) in [4.78, 5) is 22.1. The lowest BCUT2D eigenvalue weighted by atomic mass is 9.96. The predicted molar refractivity (Wildman–Crippen MR) is 42.3 cm³/mol. The third kappa shape index (κ3) is 1.09. The Balaban J connectivity index is 2.95. The Kier molecular flexibility index (Phi) is 1.92. The molecule has 0 radical (unpaired) electrons. The van der Waals surface area contributed by atoms with Crippen molar-refractivity contribution < 1.29 is 14.3 Å². The van der Waals surface area contributed by atoms with Crippen LogP contribution in [0.2, 0.25) is 0 Å². The van der Waals surface area contributed by atoms with Gasteiger partial charge in [-0.2, -0.15) is 0 Å². The van der Waals surface area contributed by atoms with Crippen LogP contribution >= 0.6 is 0 Å². The van der Waals surface area contributed by atoms with Crippen LogP contribution in [-0.2, 0) is 14.3 Å². The first-order valence-electron chi connectivity index (χ1n) is 3.60. The number of hydrogen-bond acceptors (Lipinski definition) is 3. The molecule has 1 aliphatic rings. The second-order valence-corrected chi connectivity index (χ2v) is 2.93. The maximum absolute atomic E-state index is 11.2. The van der Waals surface area contributed by atoms with Crippen molar-refractivity contribution in [3.8, 4) is 0 Å². The van der Waals surface area contributed by atoms with Crippen molar-refractivity contribution in [1.82, 2.24) is 5.32 Å². The maximum atomic E-state index is 11.2. The van der Waals surface area contributed by atoms with E-state index < -0.39 is 11.5 Å². The van der Waals surface area contributed by atoms with Crippen molar-refractivity contribution in [2.24, 2.45) is 0 Å². The van der Waals surface area contributed by atoms with Crippen molar-refractivity contribution >= 4 is 11.9 Å². The third-order valence-electron chi connectivity index (χ3n) is 2.10. The fraction of sp³-hybridized carbons (Fsp3) is 0.500. The third-order valence-corrected chi connectivity index (χ3v) is 2.10. The average molecular weight is 169 g/mol. The normalized spacial score (nSPS) is 27.9. The first kappa shape index (κ1) is 8.77. The van der Waals surface area contributed by atoms with E-state index in [1.807, 2.05) is 0 Å². The maximum Gasteiger partial charge on any atom is 0.335 e. The highest BCUT2D eigenvalue weighted by Gasteiger charge is 2.41. The Morgan fingerprint density at radius 3 is 2.58 bits per heavy atom.